The van der Waals surface area contributed by atoms with Crippen molar-refractivity contribution in [1.29, 1.82) is 0 Å². The van der Waals surface area contributed by atoms with E-state index in [0.717, 1.165) is 13.0 Å². The third-order valence-electron chi connectivity index (χ3n) is 3.67. The zero-order valence-electron chi connectivity index (χ0n) is 10.6. The first-order valence-electron chi connectivity index (χ1n) is 6.48. The van der Waals surface area contributed by atoms with E-state index in [1.165, 1.54) is 19.3 Å². The van der Waals surface area contributed by atoms with Gasteiger partial charge in [0.15, 0.2) is 0 Å². The number of aliphatic hydroxyl groups excluding tert-OH is 1. The molecule has 0 aromatic carbocycles. The highest BCUT2D eigenvalue weighted by Crippen LogP contribution is 2.29. The van der Waals surface area contributed by atoms with Crippen LogP contribution in [0.25, 0.3) is 0 Å². The molecule has 0 aromatic heterocycles. The third-order valence-corrected chi connectivity index (χ3v) is 3.67. The zero-order chi connectivity index (χ0) is 12.7. The predicted molar refractivity (Wildman–Crippen MR) is 68.0 cm³/mol. The second-order valence-electron chi connectivity index (χ2n) is 5.09. The quantitative estimate of drug-likeness (QED) is 0.241. The fraction of sp³-hybridized carbons (Fsp3) is 0.917. The smallest absolute Gasteiger partial charge is 0.140 e. The summed E-state index contributed by atoms with van der Waals surface area (Å²) >= 11 is 0. The highest BCUT2D eigenvalue weighted by Gasteiger charge is 2.24. The van der Waals surface area contributed by atoms with Crippen LogP contribution in [0, 0.1) is 11.8 Å². The van der Waals surface area contributed by atoms with Gasteiger partial charge >= 0.3 is 0 Å². The normalized spacial score (nSPS) is 28.0. The Labute approximate surface area is 103 Å². The van der Waals surface area contributed by atoms with E-state index in [4.69, 9.17) is 10.9 Å². The molecule has 1 fully saturated rings. The van der Waals surface area contributed by atoms with Gasteiger partial charge in [-0.1, -0.05) is 18.0 Å². The Bertz CT molecular complexity index is 246. The lowest BCUT2D eigenvalue weighted by molar-refractivity contribution is 0.131. The Morgan fingerprint density at radius 1 is 1.41 bits per heavy atom. The van der Waals surface area contributed by atoms with Crippen LogP contribution in [-0.2, 0) is 0 Å². The number of rotatable bonds is 6. The van der Waals surface area contributed by atoms with Crippen molar-refractivity contribution in [2.45, 2.75) is 45.1 Å². The molecule has 5 heteroatoms. The maximum absolute atomic E-state index is 9.31. The number of nitrogens with one attached hydrogen (secondary N) is 1. The minimum atomic E-state index is 0.201. The van der Waals surface area contributed by atoms with Crippen molar-refractivity contribution in [2.75, 3.05) is 13.2 Å². The largest absolute Gasteiger partial charge is 0.409 e. The van der Waals surface area contributed by atoms with Crippen LogP contribution in [-0.4, -0.2) is 35.3 Å². The van der Waals surface area contributed by atoms with Gasteiger partial charge in [-0.2, -0.15) is 0 Å². The van der Waals surface area contributed by atoms with E-state index >= 15 is 0 Å². The van der Waals surface area contributed by atoms with E-state index in [0.29, 0.717) is 24.9 Å². The summed E-state index contributed by atoms with van der Waals surface area (Å²) < 4.78 is 0. The van der Waals surface area contributed by atoms with Crippen molar-refractivity contribution in [3.63, 3.8) is 0 Å². The van der Waals surface area contributed by atoms with Gasteiger partial charge in [0, 0.05) is 19.1 Å². The molecule has 0 spiro atoms. The standard InChI is InChI=1S/C12H25N3O2/c1-9(6-12(13)15-17)14-7-10-4-2-3-5-11(10)8-16/h9-11,14,16-17H,2-8H2,1H3,(H2,13,15). The summed E-state index contributed by atoms with van der Waals surface area (Å²) in [6, 6.07) is 0.201. The molecule has 3 unspecified atom stereocenters. The molecule has 5 N–H and O–H groups in total. The highest BCUT2D eigenvalue weighted by atomic mass is 16.4. The fourth-order valence-corrected chi connectivity index (χ4v) is 2.57. The SMILES string of the molecule is CC(CC(N)=NO)NCC1CCCCC1CO. The molecule has 0 aromatic rings. The molecule has 1 aliphatic carbocycles. The van der Waals surface area contributed by atoms with Gasteiger partial charge in [0.05, 0.1) is 0 Å². The lowest BCUT2D eigenvalue weighted by atomic mass is 9.79. The first-order chi connectivity index (χ1) is 8.17. The minimum absolute atomic E-state index is 0.201. The summed E-state index contributed by atoms with van der Waals surface area (Å²) in [5.41, 5.74) is 5.46. The summed E-state index contributed by atoms with van der Waals surface area (Å²) in [6.45, 7) is 3.22. The Kier molecular flexibility index (Phi) is 6.29. The van der Waals surface area contributed by atoms with E-state index in [2.05, 4.69) is 10.5 Å². The van der Waals surface area contributed by atoms with Crippen molar-refractivity contribution >= 4 is 5.84 Å². The second-order valence-corrected chi connectivity index (χ2v) is 5.09. The molecule has 0 saturated heterocycles. The maximum Gasteiger partial charge on any atom is 0.140 e. The van der Waals surface area contributed by atoms with Crippen LogP contribution < -0.4 is 11.1 Å². The van der Waals surface area contributed by atoms with Gasteiger partial charge in [0.1, 0.15) is 5.84 Å². The fourth-order valence-electron chi connectivity index (χ4n) is 2.57. The van der Waals surface area contributed by atoms with E-state index < -0.39 is 0 Å². The molecule has 0 radical (unpaired) electrons. The van der Waals surface area contributed by atoms with Crippen molar-refractivity contribution in [1.82, 2.24) is 5.32 Å². The van der Waals surface area contributed by atoms with E-state index in [1.54, 1.807) is 0 Å². The Hall–Kier alpha value is -0.810. The molecular formula is C12H25N3O2. The Balaban J connectivity index is 2.28. The van der Waals surface area contributed by atoms with Crippen molar-refractivity contribution in [3.05, 3.63) is 0 Å². The topological polar surface area (TPSA) is 90.9 Å². The van der Waals surface area contributed by atoms with Crippen LogP contribution in [0.5, 0.6) is 0 Å². The number of oxime groups is 1. The first-order valence-corrected chi connectivity index (χ1v) is 6.48. The van der Waals surface area contributed by atoms with Gasteiger partial charge in [-0.25, -0.2) is 0 Å². The predicted octanol–water partition coefficient (Wildman–Crippen LogP) is 0.900. The summed E-state index contributed by atoms with van der Waals surface area (Å²) in [7, 11) is 0. The number of nitrogens with two attached hydrogens (primary N) is 1. The van der Waals surface area contributed by atoms with Crippen LogP contribution in [0.1, 0.15) is 39.0 Å². The van der Waals surface area contributed by atoms with Gasteiger partial charge in [-0.3, -0.25) is 0 Å². The first kappa shape index (κ1) is 14.3. The molecule has 1 saturated carbocycles. The Morgan fingerprint density at radius 2 is 2.06 bits per heavy atom. The van der Waals surface area contributed by atoms with E-state index in [9.17, 15) is 5.11 Å². The highest BCUT2D eigenvalue weighted by molar-refractivity contribution is 5.80. The number of hydrogen-bond acceptors (Lipinski definition) is 4. The zero-order valence-corrected chi connectivity index (χ0v) is 10.6. The molecule has 5 nitrogen and oxygen atoms in total. The summed E-state index contributed by atoms with van der Waals surface area (Å²) in [5, 5.41) is 24.2. The molecule has 1 aliphatic rings. The number of nitrogens with zero attached hydrogens (tertiary/aromatic N) is 1. The lowest BCUT2D eigenvalue weighted by Gasteiger charge is -2.31. The maximum atomic E-state index is 9.31. The number of aliphatic hydroxyl groups is 1. The number of amidine groups is 1. The van der Waals surface area contributed by atoms with Crippen LogP contribution in [0.3, 0.4) is 0 Å². The average molecular weight is 243 g/mol. The van der Waals surface area contributed by atoms with Gasteiger partial charge in [0.25, 0.3) is 0 Å². The molecule has 0 amide bonds. The van der Waals surface area contributed by atoms with Crippen LogP contribution in [0.15, 0.2) is 5.16 Å². The van der Waals surface area contributed by atoms with Crippen LogP contribution in [0.2, 0.25) is 0 Å². The molecule has 1 rings (SSSR count). The van der Waals surface area contributed by atoms with Gasteiger partial charge in [-0.05, 0) is 38.1 Å². The molecule has 0 bridgehead atoms. The molecule has 0 aliphatic heterocycles. The van der Waals surface area contributed by atoms with Crippen molar-refractivity contribution < 1.29 is 10.3 Å². The summed E-state index contributed by atoms with van der Waals surface area (Å²) in [6.07, 6.45) is 5.37. The average Bonchev–Trinajstić information content (AvgIpc) is 2.36. The molecular weight excluding hydrogens is 218 g/mol. The van der Waals surface area contributed by atoms with E-state index in [1.807, 2.05) is 6.92 Å². The monoisotopic (exact) mass is 243 g/mol. The second kappa shape index (κ2) is 7.50. The molecule has 0 heterocycles. The van der Waals surface area contributed by atoms with Crippen molar-refractivity contribution in [3.8, 4) is 0 Å². The summed E-state index contributed by atoms with van der Waals surface area (Å²) in [4.78, 5) is 0. The van der Waals surface area contributed by atoms with Gasteiger partial charge < -0.3 is 21.4 Å². The third kappa shape index (κ3) is 4.91. The lowest BCUT2D eigenvalue weighted by Crippen LogP contribution is -2.38. The summed E-state index contributed by atoms with van der Waals surface area (Å²) in [5.74, 6) is 1.25. The van der Waals surface area contributed by atoms with Crippen molar-refractivity contribution in [2.24, 2.45) is 22.7 Å². The number of hydrogen-bond donors (Lipinski definition) is 4. The van der Waals surface area contributed by atoms with Gasteiger partial charge in [0.2, 0.25) is 0 Å². The molecule has 17 heavy (non-hydrogen) atoms. The minimum Gasteiger partial charge on any atom is -0.409 e. The van der Waals surface area contributed by atoms with Gasteiger partial charge in [-0.15, -0.1) is 0 Å². The van der Waals surface area contributed by atoms with Crippen LogP contribution in [0.4, 0.5) is 0 Å². The molecule has 100 valence electrons. The molecule has 3 atom stereocenters. The van der Waals surface area contributed by atoms with E-state index in [-0.39, 0.29) is 11.9 Å². The van der Waals surface area contributed by atoms with Crippen LogP contribution >= 0.6 is 0 Å². The Morgan fingerprint density at radius 3 is 2.65 bits per heavy atom.